The quantitative estimate of drug-likeness (QED) is 0.0248. The van der Waals surface area contributed by atoms with Crippen molar-refractivity contribution in [1.82, 2.24) is 5.32 Å². The second-order valence-electron chi connectivity index (χ2n) is 16.5. The summed E-state index contributed by atoms with van der Waals surface area (Å²) in [7, 11) is 1.55. The van der Waals surface area contributed by atoms with Crippen molar-refractivity contribution >= 4 is 13.7 Å². The number of rotatable bonds is 40. The summed E-state index contributed by atoms with van der Waals surface area (Å²) < 4.78 is 23.5. The van der Waals surface area contributed by atoms with Gasteiger partial charge in [0.25, 0.3) is 0 Å². The number of carbonyl (C=O) groups excluding carboxylic acids is 1. The molecule has 0 aromatic rings. The fraction of sp³-hybridized carbons (Fsp3) is 0.886. The van der Waals surface area contributed by atoms with Crippen molar-refractivity contribution in [2.24, 2.45) is 0 Å². The molecule has 1 unspecified atom stereocenters. The number of phosphoric acid groups is 1. The molecule has 0 aliphatic rings. The molecule has 0 aliphatic heterocycles. The van der Waals surface area contributed by atoms with E-state index in [1.165, 1.54) is 148 Å². The Morgan fingerprint density at radius 2 is 1.06 bits per heavy atom. The zero-order chi connectivity index (χ0) is 39.3. The number of aliphatic hydroxyl groups is 1. The predicted octanol–water partition coefficient (Wildman–Crippen LogP) is 12.1. The molecular weight excluding hydrogens is 683 g/mol. The first-order valence-electron chi connectivity index (χ1n) is 22.2. The van der Waals surface area contributed by atoms with E-state index in [-0.39, 0.29) is 19.1 Å². The zero-order valence-electron chi connectivity index (χ0n) is 35.5. The second-order valence-corrected chi connectivity index (χ2v) is 17.9. The van der Waals surface area contributed by atoms with E-state index in [4.69, 9.17) is 9.05 Å². The van der Waals surface area contributed by atoms with Crippen LogP contribution in [0.1, 0.15) is 200 Å². The molecular formula is C44H88N2O6P+. The monoisotopic (exact) mass is 772 g/mol. The van der Waals surface area contributed by atoms with Crippen LogP contribution < -0.4 is 5.32 Å². The average molecular weight is 772 g/mol. The Morgan fingerprint density at radius 1 is 0.642 bits per heavy atom. The van der Waals surface area contributed by atoms with Crippen LogP contribution in [0.4, 0.5) is 0 Å². The molecule has 0 aliphatic carbocycles. The van der Waals surface area contributed by atoms with E-state index in [1.54, 1.807) is 12.2 Å². The lowest BCUT2D eigenvalue weighted by molar-refractivity contribution is -0.870. The fourth-order valence-electron chi connectivity index (χ4n) is 6.39. The van der Waals surface area contributed by atoms with Crippen LogP contribution in [0.2, 0.25) is 0 Å². The lowest BCUT2D eigenvalue weighted by Crippen LogP contribution is -2.45. The van der Waals surface area contributed by atoms with E-state index in [0.29, 0.717) is 17.4 Å². The SMILES string of the molecule is CCCCCCCCC/C=C/C=C/[C@@H](O)[C@H](COP(=O)(O)OCC[N+](C)(C)C)NC(=O)CCCCCCCCCCCCCCCCCCCCCC. The van der Waals surface area contributed by atoms with Gasteiger partial charge in [-0.1, -0.05) is 199 Å². The number of hydrogen-bond donors (Lipinski definition) is 3. The molecule has 8 nitrogen and oxygen atoms in total. The standard InChI is InChI=1S/C44H87N2O6P/c1-6-8-10-12-14-16-18-19-20-21-22-23-24-25-26-28-30-32-34-36-38-44(48)45-42(41-52-53(49,50)51-40-39-46(3,4)5)43(47)37-35-33-31-29-27-17-15-13-11-9-7-2/h31,33,35,37,42-43,47H,6-30,32,34,36,38-41H2,1-5H3,(H-,45,48,49,50)/p+1/b33-31+,37-35+/t42-,43+/m0/s1. The number of quaternary nitrogens is 1. The highest BCUT2D eigenvalue weighted by Crippen LogP contribution is 2.43. The summed E-state index contributed by atoms with van der Waals surface area (Å²) in [6.07, 6.45) is 42.6. The van der Waals surface area contributed by atoms with Crippen LogP contribution in [-0.4, -0.2) is 73.4 Å². The van der Waals surface area contributed by atoms with E-state index < -0.39 is 20.0 Å². The average Bonchev–Trinajstić information content (AvgIpc) is 3.10. The summed E-state index contributed by atoms with van der Waals surface area (Å²) in [4.78, 5) is 23.1. The van der Waals surface area contributed by atoms with Crippen LogP contribution in [0.25, 0.3) is 0 Å². The molecule has 9 heteroatoms. The van der Waals surface area contributed by atoms with Gasteiger partial charge in [-0.15, -0.1) is 0 Å². The first kappa shape index (κ1) is 52.0. The third kappa shape index (κ3) is 39.0. The molecule has 1 amide bonds. The van der Waals surface area contributed by atoms with Crippen molar-refractivity contribution in [3.05, 3.63) is 24.3 Å². The number of likely N-dealkylation sites (N-methyl/N-ethyl adjacent to an activating group) is 1. The maximum atomic E-state index is 12.8. The van der Waals surface area contributed by atoms with Gasteiger partial charge in [0.15, 0.2) is 0 Å². The highest BCUT2D eigenvalue weighted by molar-refractivity contribution is 7.47. The van der Waals surface area contributed by atoms with Gasteiger partial charge < -0.3 is 19.8 Å². The summed E-state index contributed by atoms with van der Waals surface area (Å²) in [6.45, 7) is 4.76. The summed E-state index contributed by atoms with van der Waals surface area (Å²) >= 11 is 0. The van der Waals surface area contributed by atoms with Gasteiger partial charge in [0.2, 0.25) is 5.91 Å². The Balaban J connectivity index is 4.33. The molecule has 53 heavy (non-hydrogen) atoms. The Hall–Kier alpha value is -1.02. The molecule has 0 aromatic carbocycles. The topological polar surface area (TPSA) is 105 Å². The number of hydrogen-bond acceptors (Lipinski definition) is 5. The zero-order valence-corrected chi connectivity index (χ0v) is 36.4. The molecule has 0 spiro atoms. The molecule has 0 aromatic heterocycles. The third-order valence-electron chi connectivity index (χ3n) is 9.98. The molecule has 0 fully saturated rings. The summed E-state index contributed by atoms with van der Waals surface area (Å²) in [5.41, 5.74) is 0. The Labute approximate surface area is 328 Å². The molecule has 0 radical (unpaired) electrons. The van der Waals surface area contributed by atoms with E-state index in [1.807, 2.05) is 27.2 Å². The van der Waals surface area contributed by atoms with Gasteiger partial charge in [0.1, 0.15) is 13.2 Å². The Bertz CT molecular complexity index is 922. The molecule has 314 valence electrons. The first-order valence-corrected chi connectivity index (χ1v) is 23.7. The molecule has 0 heterocycles. The van der Waals surface area contributed by atoms with Gasteiger partial charge in [-0.3, -0.25) is 13.8 Å². The minimum absolute atomic E-state index is 0.0553. The lowest BCUT2D eigenvalue weighted by Gasteiger charge is -2.25. The smallest absolute Gasteiger partial charge is 0.387 e. The number of phosphoric ester groups is 1. The molecule has 0 bridgehead atoms. The number of nitrogens with zero attached hydrogens (tertiary/aromatic N) is 1. The van der Waals surface area contributed by atoms with Crippen LogP contribution in [0.3, 0.4) is 0 Å². The largest absolute Gasteiger partial charge is 0.472 e. The van der Waals surface area contributed by atoms with Gasteiger partial charge in [0, 0.05) is 6.42 Å². The number of allylic oxidation sites excluding steroid dienone is 3. The van der Waals surface area contributed by atoms with Crippen LogP contribution in [-0.2, 0) is 18.4 Å². The molecule has 0 saturated heterocycles. The minimum atomic E-state index is -4.34. The summed E-state index contributed by atoms with van der Waals surface area (Å²) in [5, 5.41) is 13.7. The highest BCUT2D eigenvalue weighted by atomic mass is 31.2. The second kappa shape index (κ2) is 36.6. The van der Waals surface area contributed by atoms with Crippen molar-refractivity contribution in [3.8, 4) is 0 Å². The molecule has 0 saturated carbocycles. The number of amides is 1. The predicted molar refractivity (Wildman–Crippen MR) is 226 cm³/mol. The minimum Gasteiger partial charge on any atom is -0.387 e. The van der Waals surface area contributed by atoms with Crippen molar-refractivity contribution in [2.75, 3.05) is 40.9 Å². The van der Waals surface area contributed by atoms with E-state index in [2.05, 4.69) is 25.2 Å². The third-order valence-corrected chi connectivity index (χ3v) is 11.0. The fourth-order valence-corrected chi connectivity index (χ4v) is 7.13. The maximum absolute atomic E-state index is 12.8. The number of nitrogens with one attached hydrogen (secondary N) is 1. The van der Waals surface area contributed by atoms with Gasteiger partial charge >= 0.3 is 7.82 Å². The van der Waals surface area contributed by atoms with Gasteiger partial charge in [0.05, 0.1) is 39.9 Å². The molecule has 3 N–H and O–H groups in total. The first-order chi connectivity index (χ1) is 25.5. The van der Waals surface area contributed by atoms with Crippen molar-refractivity contribution in [3.63, 3.8) is 0 Å². The van der Waals surface area contributed by atoms with E-state index in [9.17, 15) is 19.4 Å². The van der Waals surface area contributed by atoms with E-state index in [0.717, 1.165) is 32.1 Å². The highest BCUT2D eigenvalue weighted by Gasteiger charge is 2.27. The van der Waals surface area contributed by atoms with Crippen LogP contribution in [0.5, 0.6) is 0 Å². The molecule has 3 atom stereocenters. The summed E-state index contributed by atoms with van der Waals surface area (Å²) in [6, 6.07) is -0.872. The van der Waals surface area contributed by atoms with Crippen molar-refractivity contribution < 1.29 is 32.9 Å². The number of unbranched alkanes of at least 4 members (excludes halogenated alkanes) is 26. The number of aliphatic hydroxyl groups excluding tert-OH is 1. The number of carbonyl (C=O) groups is 1. The Morgan fingerprint density at radius 3 is 1.49 bits per heavy atom. The van der Waals surface area contributed by atoms with Gasteiger partial charge in [-0.25, -0.2) is 4.57 Å². The van der Waals surface area contributed by atoms with Crippen LogP contribution >= 0.6 is 7.82 Å². The molecule has 0 rings (SSSR count). The lowest BCUT2D eigenvalue weighted by atomic mass is 10.0. The van der Waals surface area contributed by atoms with Crippen LogP contribution in [0, 0.1) is 0 Å². The normalized spacial score (nSPS) is 14.6. The van der Waals surface area contributed by atoms with Gasteiger partial charge in [-0.2, -0.15) is 0 Å². The Kier molecular flexibility index (Phi) is 35.9. The van der Waals surface area contributed by atoms with Gasteiger partial charge in [-0.05, 0) is 19.3 Å². The summed E-state index contributed by atoms with van der Waals surface area (Å²) in [5.74, 6) is -0.193. The van der Waals surface area contributed by atoms with Crippen molar-refractivity contribution in [1.29, 1.82) is 0 Å². The van der Waals surface area contributed by atoms with Crippen LogP contribution in [0.15, 0.2) is 24.3 Å². The van der Waals surface area contributed by atoms with E-state index >= 15 is 0 Å². The maximum Gasteiger partial charge on any atom is 0.472 e. The van der Waals surface area contributed by atoms with Crippen molar-refractivity contribution in [2.45, 2.75) is 212 Å².